The fourth-order valence-electron chi connectivity index (χ4n) is 2.64. The first-order valence-corrected chi connectivity index (χ1v) is 8.22. The third kappa shape index (κ3) is 4.04. The normalized spacial score (nSPS) is 12.8. The molecule has 146 valence electrons. The standard InChI is InChI=1S/C19H17F3N4O2/c1-18(2,28)12-5-11(6-13(7-12)19(20,21)22)14-9-25-17-16(26-14)10(8-24-17)3-4-15(23)27/h3-9,28H,1-2H3,(H2,23,27)(H,24,25)/b4-3+. The average molecular weight is 390 g/mol. The van der Waals surface area contributed by atoms with Gasteiger partial charge in [-0.2, -0.15) is 13.2 Å². The zero-order valence-electron chi connectivity index (χ0n) is 15.0. The minimum Gasteiger partial charge on any atom is -0.386 e. The zero-order valence-corrected chi connectivity index (χ0v) is 15.0. The van der Waals surface area contributed by atoms with E-state index in [1.54, 1.807) is 6.20 Å². The number of hydrogen-bond donors (Lipinski definition) is 3. The molecular formula is C19H17F3N4O2. The summed E-state index contributed by atoms with van der Waals surface area (Å²) >= 11 is 0. The molecule has 3 rings (SSSR count). The summed E-state index contributed by atoms with van der Waals surface area (Å²) < 4.78 is 40.0. The minimum absolute atomic E-state index is 0.0992. The number of primary amides is 1. The molecular weight excluding hydrogens is 373 g/mol. The number of aromatic amines is 1. The third-order valence-electron chi connectivity index (χ3n) is 4.10. The largest absolute Gasteiger partial charge is 0.416 e. The van der Waals surface area contributed by atoms with Gasteiger partial charge in [-0.1, -0.05) is 0 Å². The van der Waals surface area contributed by atoms with Gasteiger partial charge >= 0.3 is 6.18 Å². The van der Waals surface area contributed by atoms with Gasteiger partial charge in [-0.25, -0.2) is 9.97 Å². The van der Waals surface area contributed by atoms with Crippen LogP contribution >= 0.6 is 0 Å². The van der Waals surface area contributed by atoms with E-state index in [0.29, 0.717) is 16.7 Å². The maximum Gasteiger partial charge on any atom is 0.416 e. The summed E-state index contributed by atoms with van der Waals surface area (Å²) in [5, 5.41) is 10.2. The summed E-state index contributed by atoms with van der Waals surface area (Å²) in [6, 6.07) is 3.31. The average Bonchev–Trinajstić information content (AvgIpc) is 3.00. The topological polar surface area (TPSA) is 105 Å². The molecule has 0 spiro atoms. The number of hydrogen-bond acceptors (Lipinski definition) is 4. The van der Waals surface area contributed by atoms with Gasteiger partial charge < -0.3 is 15.8 Å². The molecule has 0 aliphatic carbocycles. The van der Waals surface area contributed by atoms with Crippen LogP contribution in [0, 0.1) is 0 Å². The van der Waals surface area contributed by atoms with E-state index in [1.165, 1.54) is 32.2 Å². The van der Waals surface area contributed by atoms with Gasteiger partial charge in [0.25, 0.3) is 0 Å². The molecule has 4 N–H and O–H groups in total. The Labute approximate surface area is 157 Å². The van der Waals surface area contributed by atoms with Gasteiger partial charge in [-0.15, -0.1) is 0 Å². The quantitative estimate of drug-likeness (QED) is 0.594. The fourth-order valence-corrected chi connectivity index (χ4v) is 2.64. The molecule has 0 atom stereocenters. The summed E-state index contributed by atoms with van der Waals surface area (Å²) in [5.41, 5.74) is 4.46. The maximum absolute atomic E-state index is 13.3. The van der Waals surface area contributed by atoms with Crippen LogP contribution in [0.1, 0.15) is 30.5 Å². The number of carbonyl (C=O) groups excluding carboxylic acids is 1. The van der Waals surface area contributed by atoms with Crippen molar-refractivity contribution in [2.75, 3.05) is 0 Å². The number of benzene rings is 1. The van der Waals surface area contributed by atoms with Crippen molar-refractivity contribution in [3.8, 4) is 11.3 Å². The molecule has 9 heteroatoms. The molecule has 3 aromatic rings. The Kier molecular flexibility index (Phi) is 4.72. The lowest BCUT2D eigenvalue weighted by Crippen LogP contribution is -2.17. The van der Waals surface area contributed by atoms with E-state index < -0.39 is 23.2 Å². The smallest absolute Gasteiger partial charge is 0.386 e. The van der Waals surface area contributed by atoms with Crippen LogP contribution in [0.4, 0.5) is 13.2 Å². The van der Waals surface area contributed by atoms with Gasteiger partial charge in [0.2, 0.25) is 5.91 Å². The Hall–Kier alpha value is -3.20. The molecule has 0 aliphatic heterocycles. The summed E-state index contributed by atoms with van der Waals surface area (Å²) in [7, 11) is 0. The lowest BCUT2D eigenvalue weighted by Gasteiger charge is -2.21. The Morgan fingerprint density at radius 3 is 2.50 bits per heavy atom. The Bertz CT molecular complexity index is 1050. The molecule has 0 saturated carbocycles. The number of alkyl halides is 3. The summed E-state index contributed by atoms with van der Waals surface area (Å²) in [6.45, 7) is 2.81. The van der Waals surface area contributed by atoms with Crippen LogP contribution in [0.3, 0.4) is 0 Å². The van der Waals surface area contributed by atoms with Crippen molar-refractivity contribution >= 4 is 23.1 Å². The number of nitrogens with two attached hydrogens (primary N) is 1. The van der Waals surface area contributed by atoms with Gasteiger partial charge in [-0.05, 0) is 43.7 Å². The summed E-state index contributed by atoms with van der Waals surface area (Å²) in [6.07, 6.45) is 0.894. The van der Waals surface area contributed by atoms with Crippen LogP contribution in [-0.4, -0.2) is 26.0 Å². The van der Waals surface area contributed by atoms with E-state index in [-0.39, 0.29) is 16.8 Å². The fraction of sp³-hybridized carbons (Fsp3) is 0.211. The van der Waals surface area contributed by atoms with E-state index in [4.69, 9.17) is 5.73 Å². The van der Waals surface area contributed by atoms with E-state index >= 15 is 0 Å². The number of nitrogens with one attached hydrogen (secondary N) is 1. The van der Waals surface area contributed by atoms with E-state index in [2.05, 4.69) is 15.0 Å². The number of nitrogens with zero attached hydrogens (tertiary/aromatic N) is 2. The lowest BCUT2D eigenvalue weighted by atomic mass is 9.93. The molecule has 0 unspecified atom stereocenters. The maximum atomic E-state index is 13.3. The second-order valence-corrected chi connectivity index (χ2v) is 6.79. The Morgan fingerprint density at radius 2 is 1.89 bits per heavy atom. The van der Waals surface area contributed by atoms with Crippen LogP contribution in [0.2, 0.25) is 0 Å². The Balaban J connectivity index is 2.18. The van der Waals surface area contributed by atoms with Crippen LogP contribution in [0.5, 0.6) is 0 Å². The van der Waals surface area contributed by atoms with Crippen LogP contribution in [0.15, 0.2) is 36.7 Å². The number of aliphatic hydroxyl groups is 1. The van der Waals surface area contributed by atoms with Gasteiger partial charge in [-0.3, -0.25) is 4.79 Å². The zero-order chi connectivity index (χ0) is 20.7. The SMILES string of the molecule is CC(C)(O)c1cc(-c2cnc3[nH]cc(/C=C/C(N)=O)c3n2)cc(C(F)(F)F)c1. The van der Waals surface area contributed by atoms with Crippen LogP contribution in [0.25, 0.3) is 28.5 Å². The highest BCUT2D eigenvalue weighted by Gasteiger charge is 2.33. The molecule has 0 bridgehead atoms. The van der Waals surface area contributed by atoms with Gasteiger partial charge in [0.1, 0.15) is 5.52 Å². The highest BCUT2D eigenvalue weighted by Crippen LogP contribution is 2.36. The molecule has 0 fully saturated rings. The summed E-state index contributed by atoms with van der Waals surface area (Å²) in [4.78, 5) is 22.4. The second-order valence-electron chi connectivity index (χ2n) is 6.79. The van der Waals surface area contributed by atoms with Crippen LogP contribution < -0.4 is 5.73 Å². The molecule has 2 heterocycles. The first-order chi connectivity index (χ1) is 12.9. The van der Waals surface area contributed by atoms with Crippen molar-refractivity contribution in [2.24, 2.45) is 5.73 Å². The van der Waals surface area contributed by atoms with E-state index in [9.17, 15) is 23.1 Å². The molecule has 6 nitrogen and oxygen atoms in total. The summed E-state index contributed by atoms with van der Waals surface area (Å²) in [5.74, 6) is -0.647. The van der Waals surface area contributed by atoms with Crippen molar-refractivity contribution in [2.45, 2.75) is 25.6 Å². The monoisotopic (exact) mass is 390 g/mol. The van der Waals surface area contributed by atoms with Crippen molar-refractivity contribution in [1.29, 1.82) is 0 Å². The molecule has 1 aromatic carbocycles. The molecule has 0 radical (unpaired) electrons. The third-order valence-corrected chi connectivity index (χ3v) is 4.10. The second kappa shape index (κ2) is 6.75. The van der Waals surface area contributed by atoms with Crippen molar-refractivity contribution in [3.63, 3.8) is 0 Å². The van der Waals surface area contributed by atoms with Gasteiger partial charge in [0.15, 0.2) is 5.65 Å². The number of rotatable bonds is 4. The molecule has 0 aliphatic rings. The number of aromatic nitrogens is 3. The number of halogens is 3. The van der Waals surface area contributed by atoms with Crippen LogP contribution in [-0.2, 0) is 16.6 Å². The first-order valence-electron chi connectivity index (χ1n) is 8.22. The first kappa shape index (κ1) is 19.6. The minimum atomic E-state index is -4.59. The highest BCUT2D eigenvalue weighted by molar-refractivity contribution is 5.93. The van der Waals surface area contributed by atoms with Crippen molar-refractivity contribution in [1.82, 2.24) is 15.0 Å². The molecule has 0 saturated heterocycles. The van der Waals surface area contributed by atoms with E-state index in [0.717, 1.165) is 18.2 Å². The van der Waals surface area contributed by atoms with Gasteiger partial charge in [0.05, 0.1) is 23.1 Å². The number of carbonyl (C=O) groups is 1. The predicted octanol–water partition coefficient (Wildman–Crippen LogP) is 3.37. The number of H-pyrrole nitrogens is 1. The van der Waals surface area contributed by atoms with Gasteiger partial charge in [0, 0.05) is 23.4 Å². The molecule has 28 heavy (non-hydrogen) atoms. The van der Waals surface area contributed by atoms with Crippen molar-refractivity contribution < 1.29 is 23.1 Å². The number of fused-ring (bicyclic) bond motifs is 1. The molecule has 2 aromatic heterocycles. The lowest BCUT2D eigenvalue weighted by molar-refractivity contribution is -0.137. The van der Waals surface area contributed by atoms with E-state index in [1.807, 2.05) is 0 Å². The molecule has 1 amide bonds. The predicted molar refractivity (Wildman–Crippen MR) is 97.8 cm³/mol. The van der Waals surface area contributed by atoms with Crippen molar-refractivity contribution in [3.05, 3.63) is 53.4 Å². The Morgan fingerprint density at radius 1 is 1.21 bits per heavy atom. The highest BCUT2D eigenvalue weighted by atomic mass is 19.4. The number of amides is 1.